The van der Waals surface area contributed by atoms with E-state index in [1.807, 2.05) is 24.3 Å². The van der Waals surface area contributed by atoms with Gasteiger partial charge in [-0.3, -0.25) is 0 Å². The van der Waals surface area contributed by atoms with Gasteiger partial charge in [-0.25, -0.2) is 4.98 Å². The molecule has 0 aliphatic rings. The van der Waals surface area contributed by atoms with Gasteiger partial charge in [0.05, 0.1) is 6.10 Å². The molecule has 0 radical (unpaired) electrons. The second-order valence-electron chi connectivity index (χ2n) is 3.66. The van der Waals surface area contributed by atoms with Crippen molar-refractivity contribution in [2.75, 3.05) is 0 Å². The zero-order valence-electron chi connectivity index (χ0n) is 9.30. The second-order valence-corrected chi connectivity index (χ2v) is 4.91. The zero-order valence-corrected chi connectivity index (χ0v) is 11.5. The fraction of sp³-hybridized carbons (Fsp3) is 0.154. The lowest BCUT2D eigenvalue weighted by Gasteiger charge is -2.08. The minimum Gasteiger partial charge on any atom is -0.439 e. The summed E-state index contributed by atoms with van der Waals surface area (Å²) in [7, 11) is 0. The van der Waals surface area contributed by atoms with Crippen LogP contribution >= 0.6 is 22.6 Å². The summed E-state index contributed by atoms with van der Waals surface area (Å²) in [5.41, 5.74) is 0.792. The van der Waals surface area contributed by atoms with Gasteiger partial charge in [0.1, 0.15) is 5.75 Å². The lowest BCUT2D eigenvalue weighted by atomic mass is 10.2. The highest BCUT2D eigenvalue weighted by Gasteiger charge is 2.04. The Morgan fingerprint density at radius 2 is 1.94 bits per heavy atom. The van der Waals surface area contributed by atoms with Crippen LogP contribution in [0.2, 0.25) is 0 Å². The number of hydrogen-bond acceptors (Lipinski definition) is 3. The van der Waals surface area contributed by atoms with Crippen LogP contribution in [-0.4, -0.2) is 10.1 Å². The van der Waals surface area contributed by atoms with Crippen molar-refractivity contribution < 1.29 is 9.84 Å². The van der Waals surface area contributed by atoms with E-state index in [1.54, 1.807) is 25.3 Å². The molecular weight excluding hydrogens is 329 g/mol. The van der Waals surface area contributed by atoms with E-state index in [0.29, 0.717) is 5.88 Å². The van der Waals surface area contributed by atoms with Crippen LogP contribution in [0.1, 0.15) is 18.6 Å². The van der Waals surface area contributed by atoms with E-state index in [0.717, 1.165) is 14.9 Å². The normalized spacial score (nSPS) is 12.2. The highest BCUT2D eigenvalue weighted by Crippen LogP contribution is 2.22. The molecule has 1 aromatic carbocycles. The van der Waals surface area contributed by atoms with E-state index in [2.05, 4.69) is 27.6 Å². The van der Waals surface area contributed by atoms with E-state index in [-0.39, 0.29) is 0 Å². The topological polar surface area (TPSA) is 42.4 Å². The number of aliphatic hydroxyl groups is 1. The second kappa shape index (κ2) is 5.46. The van der Waals surface area contributed by atoms with Crippen LogP contribution in [0.5, 0.6) is 11.6 Å². The van der Waals surface area contributed by atoms with Crippen LogP contribution in [0.15, 0.2) is 42.6 Å². The standard InChI is InChI=1S/C13H12INO2/c1-9(16)10-6-7-15-13(8-10)17-12-4-2-11(14)3-5-12/h2-9,16H,1H3. The Bertz CT molecular complexity index is 497. The van der Waals surface area contributed by atoms with Crippen molar-refractivity contribution in [1.82, 2.24) is 4.98 Å². The van der Waals surface area contributed by atoms with Crippen LogP contribution in [0.25, 0.3) is 0 Å². The zero-order chi connectivity index (χ0) is 12.3. The molecule has 1 heterocycles. The first-order chi connectivity index (χ1) is 8.15. The number of aliphatic hydroxyl groups excluding tert-OH is 1. The minimum atomic E-state index is -0.517. The van der Waals surface area contributed by atoms with Crippen LogP contribution in [0.3, 0.4) is 0 Å². The molecule has 0 amide bonds. The first kappa shape index (κ1) is 12.3. The molecule has 88 valence electrons. The quantitative estimate of drug-likeness (QED) is 0.869. The van der Waals surface area contributed by atoms with Gasteiger partial charge in [0, 0.05) is 15.8 Å². The maximum atomic E-state index is 9.47. The van der Waals surface area contributed by atoms with Gasteiger partial charge in [0.2, 0.25) is 5.88 Å². The van der Waals surface area contributed by atoms with Crippen molar-refractivity contribution >= 4 is 22.6 Å². The van der Waals surface area contributed by atoms with Crippen LogP contribution < -0.4 is 4.74 Å². The Labute approximate surface area is 114 Å². The predicted molar refractivity (Wildman–Crippen MR) is 74.1 cm³/mol. The largest absolute Gasteiger partial charge is 0.439 e. The highest BCUT2D eigenvalue weighted by molar-refractivity contribution is 14.1. The summed E-state index contributed by atoms with van der Waals surface area (Å²) < 4.78 is 6.75. The number of hydrogen-bond donors (Lipinski definition) is 1. The van der Waals surface area contributed by atoms with Crippen molar-refractivity contribution in [3.63, 3.8) is 0 Å². The molecule has 1 aromatic heterocycles. The molecule has 4 heteroatoms. The Morgan fingerprint density at radius 3 is 2.59 bits per heavy atom. The summed E-state index contributed by atoms with van der Waals surface area (Å²) >= 11 is 2.24. The third-order valence-corrected chi connectivity index (χ3v) is 3.00. The SMILES string of the molecule is CC(O)c1ccnc(Oc2ccc(I)cc2)c1. The number of rotatable bonds is 3. The smallest absolute Gasteiger partial charge is 0.219 e. The van der Waals surface area contributed by atoms with Gasteiger partial charge in [0.25, 0.3) is 0 Å². The van der Waals surface area contributed by atoms with Crippen molar-refractivity contribution in [2.45, 2.75) is 13.0 Å². The lowest BCUT2D eigenvalue weighted by Crippen LogP contribution is -1.94. The van der Waals surface area contributed by atoms with E-state index in [9.17, 15) is 5.11 Å². The number of nitrogens with zero attached hydrogens (tertiary/aromatic N) is 1. The van der Waals surface area contributed by atoms with Gasteiger partial charge in [-0.1, -0.05) is 0 Å². The fourth-order valence-electron chi connectivity index (χ4n) is 1.36. The highest BCUT2D eigenvalue weighted by atomic mass is 127. The lowest BCUT2D eigenvalue weighted by molar-refractivity contribution is 0.198. The molecule has 1 atom stereocenters. The summed E-state index contributed by atoms with van der Waals surface area (Å²) in [6, 6.07) is 11.2. The first-order valence-corrected chi connectivity index (χ1v) is 6.30. The Hall–Kier alpha value is -1.14. The van der Waals surface area contributed by atoms with Gasteiger partial charge in [-0.2, -0.15) is 0 Å². The van der Waals surface area contributed by atoms with E-state index in [1.165, 1.54) is 0 Å². The number of halogens is 1. The van der Waals surface area contributed by atoms with Crippen molar-refractivity contribution in [2.24, 2.45) is 0 Å². The summed E-state index contributed by atoms with van der Waals surface area (Å²) in [5, 5.41) is 9.47. The van der Waals surface area contributed by atoms with Gasteiger partial charge >= 0.3 is 0 Å². The Morgan fingerprint density at radius 1 is 1.24 bits per heavy atom. The minimum absolute atomic E-state index is 0.490. The fourth-order valence-corrected chi connectivity index (χ4v) is 1.72. The van der Waals surface area contributed by atoms with Crippen LogP contribution in [0, 0.1) is 3.57 Å². The van der Waals surface area contributed by atoms with Gasteiger partial charge < -0.3 is 9.84 Å². The molecule has 0 saturated carbocycles. The molecule has 0 aliphatic heterocycles. The molecule has 0 aliphatic carbocycles. The monoisotopic (exact) mass is 341 g/mol. The van der Waals surface area contributed by atoms with Gasteiger partial charge in [-0.05, 0) is 65.4 Å². The third kappa shape index (κ3) is 3.41. The Kier molecular flexibility index (Phi) is 3.96. The molecule has 0 bridgehead atoms. The van der Waals surface area contributed by atoms with Crippen molar-refractivity contribution in [3.8, 4) is 11.6 Å². The molecule has 3 nitrogen and oxygen atoms in total. The molecule has 1 N–H and O–H groups in total. The summed E-state index contributed by atoms with van der Waals surface area (Å²) in [4.78, 5) is 4.10. The maximum Gasteiger partial charge on any atom is 0.219 e. The summed E-state index contributed by atoms with van der Waals surface area (Å²) in [6.07, 6.45) is 1.11. The molecule has 1 unspecified atom stereocenters. The predicted octanol–water partition coefficient (Wildman–Crippen LogP) is 3.53. The molecule has 2 rings (SSSR count). The Balaban J connectivity index is 2.18. The van der Waals surface area contributed by atoms with Crippen LogP contribution in [0.4, 0.5) is 0 Å². The van der Waals surface area contributed by atoms with Crippen molar-refractivity contribution in [3.05, 3.63) is 51.7 Å². The number of pyridine rings is 1. The number of benzene rings is 1. The van der Waals surface area contributed by atoms with Crippen molar-refractivity contribution in [1.29, 1.82) is 0 Å². The molecule has 17 heavy (non-hydrogen) atoms. The molecule has 2 aromatic rings. The third-order valence-electron chi connectivity index (χ3n) is 2.28. The van der Waals surface area contributed by atoms with Gasteiger partial charge in [-0.15, -0.1) is 0 Å². The summed E-state index contributed by atoms with van der Waals surface area (Å²) in [5.74, 6) is 1.23. The number of aromatic nitrogens is 1. The average molecular weight is 341 g/mol. The van der Waals surface area contributed by atoms with Gasteiger partial charge in [0.15, 0.2) is 0 Å². The maximum absolute atomic E-state index is 9.47. The summed E-state index contributed by atoms with van der Waals surface area (Å²) in [6.45, 7) is 1.71. The molecule has 0 spiro atoms. The number of ether oxygens (including phenoxy) is 1. The molecule has 0 fully saturated rings. The van der Waals surface area contributed by atoms with Crippen LogP contribution in [-0.2, 0) is 0 Å². The molecule has 0 saturated heterocycles. The van der Waals surface area contributed by atoms with E-state index >= 15 is 0 Å². The first-order valence-electron chi connectivity index (χ1n) is 5.22. The molecular formula is C13H12INO2. The van der Waals surface area contributed by atoms with E-state index < -0.39 is 6.10 Å². The average Bonchev–Trinajstić information content (AvgIpc) is 2.32. The van der Waals surface area contributed by atoms with E-state index in [4.69, 9.17) is 4.74 Å².